The minimum Gasteiger partial charge on any atom is -0.508 e. The number of rotatable bonds is 1. The molecule has 3 nitrogen and oxygen atoms in total. The number of hydrogen-bond donors (Lipinski definition) is 2. The lowest BCUT2D eigenvalue weighted by molar-refractivity contribution is 0.261. The maximum atomic E-state index is 9.53. The van der Waals surface area contributed by atoms with E-state index in [2.05, 4.69) is 29.1 Å². The first-order valence-corrected chi connectivity index (χ1v) is 7.52. The number of nitrogens with zero attached hydrogens (tertiary/aromatic N) is 1. The van der Waals surface area contributed by atoms with Gasteiger partial charge in [0.25, 0.3) is 0 Å². The van der Waals surface area contributed by atoms with E-state index in [1.165, 1.54) is 22.2 Å². The van der Waals surface area contributed by atoms with E-state index in [0.29, 0.717) is 5.75 Å². The molecule has 1 unspecified atom stereocenters. The molecule has 0 saturated heterocycles. The first-order chi connectivity index (χ1) is 10.6. The van der Waals surface area contributed by atoms with Crippen molar-refractivity contribution in [3.8, 4) is 5.75 Å². The first-order valence-electron chi connectivity index (χ1n) is 7.52. The summed E-state index contributed by atoms with van der Waals surface area (Å²) in [4.78, 5) is 5.92. The Balaban J connectivity index is 1.91. The molecule has 2 N–H and O–H groups in total. The summed E-state index contributed by atoms with van der Waals surface area (Å²) in [6.07, 6.45) is 1.02. The lowest BCUT2D eigenvalue weighted by atomic mass is 9.90. The van der Waals surface area contributed by atoms with Gasteiger partial charge in [0.1, 0.15) is 13.6 Å². The van der Waals surface area contributed by atoms with Crippen molar-refractivity contribution in [1.29, 1.82) is 0 Å². The molecule has 0 amide bonds. The fraction of sp³-hybridized carbons (Fsp3) is 0.222. The summed E-state index contributed by atoms with van der Waals surface area (Å²) in [6.45, 7) is 1.00. The zero-order valence-corrected chi connectivity index (χ0v) is 12.5. The molecule has 4 heteroatoms. The largest absolute Gasteiger partial charge is 0.508 e. The summed E-state index contributed by atoms with van der Waals surface area (Å²) >= 11 is 0. The third-order valence-corrected chi connectivity index (χ3v) is 4.60. The lowest BCUT2D eigenvalue weighted by Crippen LogP contribution is -2.32. The normalized spacial score (nSPS) is 18.5. The lowest BCUT2D eigenvalue weighted by Gasteiger charge is -2.33. The molecule has 4 rings (SSSR count). The van der Waals surface area contributed by atoms with Gasteiger partial charge in [-0.2, -0.15) is 0 Å². The van der Waals surface area contributed by atoms with Crippen LogP contribution in [0, 0.1) is 0 Å². The molecular weight excluding hydrogens is 271 g/mol. The molecule has 1 aliphatic heterocycles. The number of nitrogens with one attached hydrogen (secondary N) is 1. The number of phenolic OH excluding ortho intramolecular Hbond substituents is 1. The Kier molecular flexibility index (Phi) is 3.01. The van der Waals surface area contributed by atoms with Gasteiger partial charge in [0.05, 0.1) is 6.04 Å². The fourth-order valence-electron chi connectivity index (χ4n) is 3.50. The predicted molar refractivity (Wildman–Crippen MR) is 90.0 cm³/mol. The van der Waals surface area contributed by atoms with Crippen LogP contribution in [-0.2, 0) is 6.42 Å². The maximum Gasteiger partial charge on any atom is 0.115 e. The van der Waals surface area contributed by atoms with E-state index in [4.69, 9.17) is 7.85 Å². The van der Waals surface area contributed by atoms with Gasteiger partial charge in [-0.15, -0.1) is 0 Å². The van der Waals surface area contributed by atoms with Crippen LogP contribution in [0.2, 0.25) is 0 Å². The number of aromatic amines is 1. The summed E-state index contributed by atoms with van der Waals surface area (Å²) in [5.74, 6) is 0.298. The van der Waals surface area contributed by atoms with Gasteiger partial charge in [0.15, 0.2) is 0 Å². The van der Waals surface area contributed by atoms with Crippen LogP contribution in [-0.4, -0.2) is 36.4 Å². The first kappa shape index (κ1) is 13.5. The second-order valence-corrected chi connectivity index (χ2v) is 6.05. The summed E-state index contributed by atoms with van der Waals surface area (Å²) in [6, 6.07) is 13.7. The SMILES string of the molecule is [B]c1ccc2[nH]c3c(c2c1)CCN(C)C3c1ccc(O)cc1. The quantitative estimate of drug-likeness (QED) is 0.674. The van der Waals surface area contributed by atoms with Crippen LogP contribution < -0.4 is 5.46 Å². The van der Waals surface area contributed by atoms with E-state index in [9.17, 15) is 5.11 Å². The van der Waals surface area contributed by atoms with Crippen molar-refractivity contribution in [2.24, 2.45) is 0 Å². The average Bonchev–Trinajstić information content (AvgIpc) is 2.86. The predicted octanol–water partition coefficient (Wildman–Crippen LogP) is 2.24. The monoisotopic (exact) mass is 288 g/mol. The Hall–Kier alpha value is -2.20. The van der Waals surface area contributed by atoms with Crippen LogP contribution in [0.15, 0.2) is 42.5 Å². The fourth-order valence-corrected chi connectivity index (χ4v) is 3.50. The van der Waals surface area contributed by atoms with Crippen molar-refractivity contribution in [1.82, 2.24) is 9.88 Å². The Bertz CT molecular complexity index is 838. The molecule has 1 aromatic heterocycles. The highest BCUT2D eigenvalue weighted by molar-refractivity contribution is 6.33. The van der Waals surface area contributed by atoms with Gasteiger partial charge in [0, 0.05) is 23.1 Å². The Labute approximate surface area is 131 Å². The van der Waals surface area contributed by atoms with Crippen molar-refractivity contribution >= 4 is 24.2 Å². The molecule has 0 aliphatic carbocycles. The van der Waals surface area contributed by atoms with E-state index >= 15 is 0 Å². The third-order valence-electron chi connectivity index (χ3n) is 4.60. The summed E-state index contributed by atoms with van der Waals surface area (Å²) in [7, 11) is 8.09. The smallest absolute Gasteiger partial charge is 0.115 e. The van der Waals surface area contributed by atoms with E-state index in [1.54, 1.807) is 12.1 Å². The average molecular weight is 288 g/mol. The maximum absolute atomic E-state index is 9.53. The molecule has 3 aromatic rings. The van der Waals surface area contributed by atoms with Gasteiger partial charge in [-0.25, -0.2) is 0 Å². The van der Waals surface area contributed by atoms with Crippen molar-refractivity contribution in [2.75, 3.05) is 13.6 Å². The topological polar surface area (TPSA) is 39.3 Å². The van der Waals surface area contributed by atoms with Crippen LogP contribution in [0.25, 0.3) is 10.9 Å². The van der Waals surface area contributed by atoms with Crippen molar-refractivity contribution < 1.29 is 5.11 Å². The Morgan fingerprint density at radius 3 is 2.73 bits per heavy atom. The van der Waals surface area contributed by atoms with E-state index in [0.717, 1.165) is 23.9 Å². The molecular formula is C18H17BN2O. The van der Waals surface area contributed by atoms with E-state index in [1.807, 2.05) is 18.2 Å². The summed E-state index contributed by atoms with van der Waals surface area (Å²) in [5.41, 5.74) is 5.71. The van der Waals surface area contributed by atoms with Crippen LogP contribution in [0.1, 0.15) is 22.9 Å². The number of benzene rings is 2. The van der Waals surface area contributed by atoms with Crippen molar-refractivity contribution in [3.05, 3.63) is 59.3 Å². The minimum atomic E-state index is 0.179. The van der Waals surface area contributed by atoms with Gasteiger partial charge in [-0.3, -0.25) is 4.90 Å². The molecule has 1 aliphatic rings. The van der Waals surface area contributed by atoms with Crippen LogP contribution in [0.4, 0.5) is 0 Å². The number of aromatic hydroxyl groups is 1. The molecule has 2 aromatic carbocycles. The molecule has 0 spiro atoms. The standard InChI is InChI=1S/C18H17BN2O/c1-21-9-8-14-15-10-12(19)4-7-16(15)20-17(14)18(21)11-2-5-13(22)6-3-11/h2-7,10,18,20,22H,8-9H2,1H3. The zero-order valence-electron chi connectivity index (χ0n) is 12.5. The van der Waals surface area contributed by atoms with Crippen molar-refractivity contribution in [3.63, 3.8) is 0 Å². The number of H-pyrrole nitrogens is 1. The second-order valence-electron chi connectivity index (χ2n) is 6.05. The third kappa shape index (κ3) is 2.03. The van der Waals surface area contributed by atoms with Gasteiger partial charge >= 0.3 is 0 Å². The van der Waals surface area contributed by atoms with Crippen molar-refractivity contribution in [2.45, 2.75) is 12.5 Å². The second kappa shape index (κ2) is 4.92. The molecule has 1 atom stereocenters. The summed E-state index contributed by atoms with van der Waals surface area (Å²) < 4.78 is 0. The van der Waals surface area contributed by atoms with Gasteiger partial charge in [-0.05, 0) is 42.8 Å². The molecule has 0 bridgehead atoms. The highest BCUT2D eigenvalue weighted by atomic mass is 16.3. The number of likely N-dealkylation sites (N-methyl/N-ethyl adjacent to an activating group) is 1. The zero-order chi connectivity index (χ0) is 15.3. The number of phenols is 1. The van der Waals surface area contributed by atoms with Gasteiger partial charge in [-0.1, -0.05) is 29.7 Å². The number of fused-ring (bicyclic) bond motifs is 3. The van der Waals surface area contributed by atoms with E-state index in [-0.39, 0.29) is 6.04 Å². The minimum absolute atomic E-state index is 0.179. The van der Waals surface area contributed by atoms with Crippen LogP contribution >= 0.6 is 0 Å². The highest BCUT2D eigenvalue weighted by Gasteiger charge is 2.29. The molecule has 0 saturated carbocycles. The van der Waals surface area contributed by atoms with Gasteiger partial charge < -0.3 is 10.1 Å². The summed E-state index contributed by atoms with van der Waals surface area (Å²) in [5, 5.41) is 10.8. The Morgan fingerprint density at radius 1 is 1.18 bits per heavy atom. The molecule has 108 valence electrons. The Morgan fingerprint density at radius 2 is 1.95 bits per heavy atom. The number of hydrogen-bond acceptors (Lipinski definition) is 2. The van der Waals surface area contributed by atoms with Crippen LogP contribution in [0.5, 0.6) is 5.75 Å². The molecule has 22 heavy (non-hydrogen) atoms. The van der Waals surface area contributed by atoms with Gasteiger partial charge in [0.2, 0.25) is 0 Å². The molecule has 2 heterocycles. The number of aromatic nitrogens is 1. The highest BCUT2D eigenvalue weighted by Crippen LogP contribution is 2.37. The van der Waals surface area contributed by atoms with Crippen LogP contribution in [0.3, 0.4) is 0 Å². The molecule has 2 radical (unpaired) electrons. The molecule has 0 fully saturated rings. The van der Waals surface area contributed by atoms with E-state index < -0.39 is 0 Å².